The molecule has 0 saturated heterocycles. The maximum absolute atomic E-state index is 5.41. The fourth-order valence-electron chi connectivity index (χ4n) is 9.22. The molecule has 0 amide bonds. The number of hydrogen-bond acceptors (Lipinski definition) is 1. The van der Waals surface area contributed by atoms with Gasteiger partial charge in [-0.25, -0.2) is 4.98 Å². The van der Waals surface area contributed by atoms with E-state index in [9.17, 15) is 0 Å². The largest absolute Gasteiger partial charge is 0.248 e. The molecule has 0 saturated carbocycles. The molecule has 9 aromatic rings. The first-order chi connectivity index (χ1) is 26.8. The van der Waals surface area contributed by atoms with E-state index in [2.05, 4.69) is 200 Å². The monoisotopic (exact) mass is 685 g/mol. The van der Waals surface area contributed by atoms with Crippen LogP contribution in [0, 0.1) is 0 Å². The van der Waals surface area contributed by atoms with Crippen molar-refractivity contribution in [2.45, 2.75) is 11.8 Å². The molecule has 0 N–H and O–H groups in total. The lowest BCUT2D eigenvalue weighted by Gasteiger charge is -2.23. The van der Waals surface area contributed by atoms with Crippen LogP contribution in [-0.2, 0) is 0 Å². The highest BCUT2D eigenvalue weighted by Gasteiger charge is 2.40. The van der Waals surface area contributed by atoms with Crippen molar-refractivity contribution in [3.63, 3.8) is 0 Å². The minimum absolute atomic E-state index is 0.0413. The summed E-state index contributed by atoms with van der Waals surface area (Å²) in [6.07, 6.45) is 0. The van der Waals surface area contributed by atoms with Crippen LogP contribution in [0.15, 0.2) is 200 Å². The molecule has 11 rings (SSSR count). The van der Waals surface area contributed by atoms with Crippen LogP contribution in [0.4, 0.5) is 0 Å². The minimum atomic E-state index is 0.0413. The molecule has 0 fully saturated rings. The van der Waals surface area contributed by atoms with Crippen LogP contribution in [0.5, 0.6) is 0 Å². The fourth-order valence-corrected chi connectivity index (χ4v) is 9.22. The molecule has 1 aromatic heterocycles. The second kappa shape index (κ2) is 12.4. The lowest BCUT2D eigenvalue weighted by molar-refractivity contribution is 0.936. The smallest absolute Gasteiger partial charge is 0.0712 e. The molecule has 0 aliphatic heterocycles. The Balaban J connectivity index is 1.14. The SMILES string of the molecule is c1ccc(-c2cc(C3c4ccccc4-c4ccc5c(c43)C(c3ccccc3)c3ccccc3-5)cc(-c3cccc(-c4ccc5ccccc5c4)c3)n2)cc1. The van der Waals surface area contributed by atoms with E-state index in [1.54, 1.807) is 0 Å². The van der Waals surface area contributed by atoms with Gasteiger partial charge >= 0.3 is 0 Å². The number of aromatic nitrogens is 1. The third-order valence-corrected chi connectivity index (χ3v) is 11.6. The first-order valence-corrected chi connectivity index (χ1v) is 18.9. The van der Waals surface area contributed by atoms with E-state index < -0.39 is 0 Å². The summed E-state index contributed by atoms with van der Waals surface area (Å²) in [6.45, 7) is 0. The summed E-state index contributed by atoms with van der Waals surface area (Å²) < 4.78 is 0. The summed E-state index contributed by atoms with van der Waals surface area (Å²) in [5, 5.41) is 2.49. The van der Waals surface area contributed by atoms with Crippen LogP contribution >= 0.6 is 0 Å². The molecule has 54 heavy (non-hydrogen) atoms. The third-order valence-electron chi connectivity index (χ3n) is 11.6. The molecule has 0 spiro atoms. The van der Waals surface area contributed by atoms with Gasteiger partial charge < -0.3 is 0 Å². The zero-order chi connectivity index (χ0) is 35.6. The van der Waals surface area contributed by atoms with E-state index in [0.29, 0.717) is 0 Å². The predicted octanol–water partition coefficient (Wildman–Crippen LogP) is 13.6. The number of fused-ring (bicyclic) bond motifs is 8. The first-order valence-electron chi connectivity index (χ1n) is 18.9. The van der Waals surface area contributed by atoms with Crippen molar-refractivity contribution in [1.29, 1.82) is 0 Å². The molecule has 1 nitrogen and oxygen atoms in total. The van der Waals surface area contributed by atoms with Gasteiger partial charge in [0.05, 0.1) is 11.4 Å². The normalized spacial score (nSPS) is 15.0. The van der Waals surface area contributed by atoms with Crippen molar-refractivity contribution in [1.82, 2.24) is 4.98 Å². The topological polar surface area (TPSA) is 12.9 Å². The summed E-state index contributed by atoms with van der Waals surface area (Å²) in [5.74, 6) is 0.192. The van der Waals surface area contributed by atoms with Gasteiger partial charge in [0.15, 0.2) is 0 Å². The molecule has 2 aliphatic rings. The highest BCUT2D eigenvalue weighted by molar-refractivity contribution is 5.92. The molecule has 2 atom stereocenters. The highest BCUT2D eigenvalue weighted by Crippen LogP contribution is 2.58. The molecule has 0 radical (unpaired) electrons. The highest BCUT2D eigenvalue weighted by atomic mass is 14.7. The fraction of sp³-hybridized carbons (Fsp3) is 0.0377. The first kappa shape index (κ1) is 30.8. The van der Waals surface area contributed by atoms with Gasteiger partial charge in [0.25, 0.3) is 0 Å². The van der Waals surface area contributed by atoms with Crippen molar-refractivity contribution in [3.05, 3.63) is 234 Å². The van der Waals surface area contributed by atoms with Crippen LogP contribution in [-0.4, -0.2) is 4.98 Å². The lowest BCUT2D eigenvalue weighted by Crippen LogP contribution is -2.08. The van der Waals surface area contributed by atoms with Gasteiger partial charge in [-0.05, 0) is 102 Å². The summed E-state index contributed by atoms with van der Waals surface area (Å²) in [7, 11) is 0. The van der Waals surface area contributed by atoms with Gasteiger partial charge in [0.1, 0.15) is 0 Å². The van der Waals surface area contributed by atoms with Gasteiger partial charge in [0, 0.05) is 23.0 Å². The molecule has 1 heterocycles. The van der Waals surface area contributed by atoms with Crippen molar-refractivity contribution >= 4 is 10.8 Å². The van der Waals surface area contributed by atoms with Gasteiger partial charge in [-0.3, -0.25) is 0 Å². The van der Waals surface area contributed by atoms with Crippen molar-refractivity contribution in [3.8, 4) is 55.9 Å². The Morgan fingerprint density at radius 1 is 0.296 bits per heavy atom. The second-order valence-corrected chi connectivity index (χ2v) is 14.6. The molecule has 2 aliphatic carbocycles. The average molecular weight is 686 g/mol. The second-order valence-electron chi connectivity index (χ2n) is 14.6. The quantitative estimate of drug-likeness (QED) is 0.176. The summed E-state index contributed by atoms with van der Waals surface area (Å²) in [4.78, 5) is 5.41. The predicted molar refractivity (Wildman–Crippen MR) is 224 cm³/mol. The Labute approximate surface area is 315 Å². The summed E-state index contributed by atoms with van der Waals surface area (Å²) in [6, 6.07) is 73.5. The number of pyridine rings is 1. The molecule has 8 aromatic carbocycles. The molecular formula is C53H35N. The molecule has 2 unspecified atom stereocenters. The van der Waals surface area contributed by atoms with E-state index >= 15 is 0 Å². The average Bonchev–Trinajstić information content (AvgIpc) is 3.77. The number of nitrogens with zero attached hydrogens (tertiary/aromatic N) is 1. The number of rotatable bonds is 5. The molecule has 1 heteroatoms. The summed E-state index contributed by atoms with van der Waals surface area (Å²) >= 11 is 0. The van der Waals surface area contributed by atoms with Crippen LogP contribution < -0.4 is 0 Å². The van der Waals surface area contributed by atoms with Gasteiger partial charge in [-0.15, -0.1) is 0 Å². The van der Waals surface area contributed by atoms with E-state index in [4.69, 9.17) is 4.98 Å². The Hall–Kier alpha value is -6.83. The van der Waals surface area contributed by atoms with Gasteiger partial charge in [-0.2, -0.15) is 0 Å². The standard InChI is InChI=1S/C53H35N/c1-3-15-35(16-4-1)48-32-41(33-49(54-48)40-21-13-20-38(31-40)39-27-26-34-14-7-8-19-37(34)30-39)51-45-25-12-10-23-43(45)47-29-28-46-42-22-9-11-24-44(42)50(52(46)53(47)51)36-17-5-2-6-18-36/h1-33,50-51H. The van der Waals surface area contributed by atoms with Crippen molar-refractivity contribution in [2.75, 3.05) is 0 Å². The minimum Gasteiger partial charge on any atom is -0.248 e. The van der Waals surface area contributed by atoms with Crippen LogP contribution in [0.1, 0.15) is 45.2 Å². The zero-order valence-corrected chi connectivity index (χ0v) is 29.7. The van der Waals surface area contributed by atoms with Crippen molar-refractivity contribution < 1.29 is 0 Å². The van der Waals surface area contributed by atoms with Crippen LogP contribution in [0.25, 0.3) is 66.7 Å². The Bertz CT molecular complexity index is 2890. The number of benzene rings is 8. The van der Waals surface area contributed by atoms with Crippen LogP contribution in [0.2, 0.25) is 0 Å². The van der Waals surface area contributed by atoms with Gasteiger partial charge in [-0.1, -0.05) is 176 Å². The molecule has 0 bridgehead atoms. The lowest BCUT2D eigenvalue weighted by atomic mass is 9.80. The Morgan fingerprint density at radius 2 is 0.815 bits per heavy atom. The van der Waals surface area contributed by atoms with E-state index in [0.717, 1.165) is 22.5 Å². The third kappa shape index (κ3) is 4.90. The maximum Gasteiger partial charge on any atom is 0.0712 e. The molecule has 252 valence electrons. The van der Waals surface area contributed by atoms with E-state index in [-0.39, 0.29) is 11.8 Å². The molecular weight excluding hydrogens is 651 g/mol. The van der Waals surface area contributed by atoms with Crippen LogP contribution in [0.3, 0.4) is 0 Å². The van der Waals surface area contributed by atoms with E-state index in [1.807, 2.05) is 0 Å². The zero-order valence-electron chi connectivity index (χ0n) is 29.7. The maximum atomic E-state index is 5.41. The van der Waals surface area contributed by atoms with Crippen molar-refractivity contribution in [2.24, 2.45) is 0 Å². The Morgan fingerprint density at radius 3 is 1.52 bits per heavy atom. The summed E-state index contributed by atoms with van der Waals surface area (Å²) in [5.41, 5.74) is 20.1. The number of hydrogen-bond donors (Lipinski definition) is 0. The Kier molecular flexibility index (Phi) is 7.06. The van der Waals surface area contributed by atoms with E-state index in [1.165, 1.54) is 77.5 Å². The van der Waals surface area contributed by atoms with Gasteiger partial charge in [0.2, 0.25) is 0 Å².